The molecule has 0 spiro atoms. The maximum atomic E-state index is 12.2. The highest BCUT2D eigenvalue weighted by Crippen LogP contribution is 2.32. The van der Waals surface area contributed by atoms with Gasteiger partial charge in [0.2, 0.25) is 5.91 Å². The van der Waals surface area contributed by atoms with Gasteiger partial charge in [0.1, 0.15) is 6.04 Å². The average molecular weight is 262 g/mol. The van der Waals surface area contributed by atoms with Crippen molar-refractivity contribution in [2.75, 3.05) is 18.0 Å². The Morgan fingerprint density at radius 2 is 2.16 bits per heavy atom. The van der Waals surface area contributed by atoms with Crippen LogP contribution in [0.15, 0.2) is 24.3 Å². The van der Waals surface area contributed by atoms with E-state index in [1.54, 1.807) is 0 Å². The summed E-state index contributed by atoms with van der Waals surface area (Å²) in [4.78, 5) is 25.0. The second-order valence-corrected chi connectivity index (χ2v) is 4.55. The summed E-state index contributed by atoms with van der Waals surface area (Å²) < 4.78 is 0. The van der Waals surface area contributed by atoms with Crippen molar-refractivity contribution in [3.8, 4) is 0 Å². The fourth-order valence-electron chi connectivity index (χ4n) is 2.38. The lowest BCUT2D eigenvalue weighted by molar-refractivity contribution is -0.139. The third-order valence-electron chi connectivity index (χ3n) is 3.30. The Kier molecular flexibility index (Phi) is 4.16. The molecule has 1 heterocycles. The molecule has 102 valence electrons. The predicted molar refractivity (Wildman–Crippen MR) is 72.2 cm³/mol. The van der Waals surface area contributed by atoms with Gasteiger partial charge in [-0.1, -0.05) is 25.1 Å². The van der Waals surface area contributed by atoms with Crippen molar-refractivity contribution >= 4 is 17.6 Å². The predicted octanol–water partition coefficient (Wildman–Crippen LogP) is 1.03. The number of carbonyl (C=O) groups excluding carboxylic acids is 1. The normalized spacial score (nSPS) is 17.3. The molecule has 0 aromatic heterocycles. The van der Waals surface area contributed by atoms with Crippen LogP contribution in [0.3, 0.4) is 0 Å². The van der Waals surface area contributed by atoms with Gasteiger partial charge < -0.3 is 10.4 Å². The first-order valence-electron chi connectivity index (χ1n) is 6.48. The second-order valence-electron chi connectivity index (χ2n) is 4.55. The summed E-state index contributed by atoms with van der Waals surface area (Å²) in [5.74, 6) is -1.09. The summed E-state index contributed by atoms with van der Waals surface area (Å²) in [5.41, 5.74) is 1.66. The number of benzene rings is 1. The Bertz CT molecular complexity index is 487. The number of hydrogen-bond acceptors (Lipinski definition) is 3. The lowest BCUT2D eigenvalue weighted by Gasteiger charge is -2.22. The van der Waals surface area contributed by atoms with E-state index >= 15 is 0 Å². The third-order valence-corrected chi connectivity index (χ3v) is 3.30. The summed E-state index contributed by atoms with van der Waals surface area (Å²) in [6.45, 7) is 3.34. The number of carbonyl (C=O) groups is 2. The number of amides is 1. The molecule has 19 heavy (non-hydrogen) atoms. The smallest absolute Gasteiger partial charge is 0.327 e. The molecule has 5 heteroatoms. The molecule has 2 rings (SSSR count). The molecule has 1 aliphatic rings. The van der Waals surface area contributed by atoms with Gasteiger partial charge in [0, 0.05) is 25.1 Å². The number of nitrogens with zero attached hydrogens (tertiary/aromatic N) is 1. The highest BCUT2D eigenvalue weighted by molar-refractivity contribution is 6.01. The van der Waals surface area contributed by atoms with Crippen LogP contribution < -0.4 is 10.2 Å². The van der Waals surface area contributed by atoms with Crippen molar-refractivity contribution < 1.29 is 14.7 Å². The van der Waals surface area contributed by atoms with Crippen molar-refractivity contribution in [3.63, 3.8) is 0 Å². The Balaban J connectivity index is 2.19. The topological polar surface area (TPSA) is 69.6 Å². The molecule has 0 aliphatic carbocycles. The van der Waals surface area contributed by atoms with E-state index in [0.29, 0.717) is 19.4 Å². The van der Waals surface area contributed by atoms with E-state index in [9.17, 15) is 14.7 Å². The van der Waals surface area contributed by atoms with Gasteiger partial charge in [0.25, 0.3) is 0 Å². The van der Waals surface area contributed by atoms with Crippen molar-refractivity contribution in [2.45, 2.75) is 25.8 Å². The zero-order valence-electron chi connectivity index (χ0n) is 10.9. The van der Waals surface area contributed by atoms with Gasteiger partial charge in [-0.15, -0.1) is 0 Å². The summed E-state index contributed by atoms with van der Waals surface area (Å²) >= 11 is 0. The molecular formula is C14H18N2O3. The highest BCUT2D eigenvalue weighted by atomic mass is 16.4. The molecule has 0 saturated carbocycles. The van der Waals surface area contributed by atoms with E-state index in [-0.39, 0.29) is 5.91 Å². The highest BCUT2D eigenvalue weighted by Gasteiger charge is 2.37. The van der Waals surface area contributed by atoms with Gasteiger partial charge in [-0.2, -0.15) is 0 Å². The summed E-state index contributed by atoms with van der Waals surface area (Å²) in [6, 6.07) is 6.61. The van der Waals surface area contributed by atoms with Crippen LogP contribution in [0, 0.1) is 0 Å². The van der Waals surface area contributed by atoms with Gasteiger partial charge in [-0.3, -0.25) is 9.69 Å². The fourth-order valence-corrected chi connectivity index (χ4v) is 2.38. The monoisotopic (exact) mass is 262 g/mol. The summed E-state index contributed by atoms with van der Waals surface area (Å²) in [5, 5.41) is 12.3. The molecule has 0 bridgehead atoms. The van der Waals surface area contributed by atoms with Crippen molar-refractivity contribution in [1.29, 1.82) is 0 Å². The van der Waals surface area contributed by atoms with Crippen molar-refractivity contribution in [2.24, 2.45) is 0 Å². The number of carboxylic acids is 1. The van der Waals surface area contributed by atoms with E-state index in [1.807, 2.05) is 31.2 Å². The molecular weight excluding hydrogens is 244 g/mol. The lowest BCUT2D eigenvalue weighted by atomic mass is 10.1. The van der Waals surface area contributed by atoms with Gasteiger partial charge in [-0.05, 0) is 18.2 Å². The molecule has 0 saturated heterocycles. The number of nitrogens with one attached hydrogen (secondary N) is 1. The molecule has 1 amide bonds. The van der Waals surface area contributed by atoms with Gasteiger partial charge >= 0.3 is 5.97 Å². The van der Waals surface area contributed by atoms with Crippen LogP contribution in [0.5, 0.6) is 0 Å². The summed E-state index contributed by atoms with van der Waals surface area (Å²) in [6.07, 6.45) is 0.699. The van der Waals surface area contributed by atoms with E-state index in [0.717, 1.165) is 17.8 Å². The Labute approximate surface area is 112 Å². The van der Waals surface area contributed by atoms with Crippen LogP contribution in [0.2, 0.25) is 0 Å². The average Bonchev–Trinajstić information content (AvgIpc) is 2.78. The van der Waals surface area contributed by atoms with Crippen LogP contribution >= 0.6 is 0 Å². The first-order valence-corrected chi connectivity index (χ1v) is 6.48. The van der Waals surface area contributed by atoms with Gasteiger partial charge in [-0.25, -0.2) is 4.79 Å². The van der Waals surface area contributed by atoms with Gasteiger partial charge in [0.05, 0.1) is 0 Å². The number of carboxylic acid groups (broad SMARTS) is 1. The van der Waals surface area contributed by atoms with Crippen LogP contribution in [-0.4, -0.2) is 36.1 Å². The third kappa shape index (κ3) is 2.76. The number of aliphatic carboxylic acids is 1. The van der Waals surface area contributed by atoms with E-state index in [4.69, 9.17) is 0 Å². The number of hydrogen-bond donors (Lipinski definition) is 2. The van der Waals surface area contributed by atoms with Crippen molar-refractivity contribution in [1.82, 2.24) is 5.32 Å². The molecule has 1 aliphatic heterocycles. The second kappa shape index (κ2) is 5.84. The Morgan fingerprint density at radius 3 is 2.84 bits per heavy atom. The lowest BCUT2D eigenvalue weighted by Crippen LogP contribution is -2.43. The quantitative estimate of drug-likeness (QED) is 0.778. The minimum absolute atomic E-state index is 0.140. The van der Waals surface area contributed by atoms with E-state index in [2.05, 4.69) is 5.32 Å². The number of anilines is 1. The molecule has 0 unspecified atom stereocenters. The number of para-hydroxylation sites is 1. The first-order chi connectivity index (χ1) is 9.15. The van der Waals surface area contributed by atoms with E-state index < -0.39 is 12.0 Å². The van der Waals surface area contributed by atoms with Gasteiger partial charge in [0.15, 0.2) is 0 Å². The maximum Gasteiger partial charge on any atom is 0.327 e. The zero-order valence-corrected chi connectivity index (χ0v) is 10.9. The SMILES string of the molecule is CCNCCC(=O)N1c2ccccc2C[C@H]1C(=O)O. The minimum Gasteiger partial charge on any atom is -0.480 e. The zero-order chi connectivity index (χ0) is 13.8. The molecule has 2 N–H and O–H groups in total. The maximum absolute atomic E-state index is 12.2. The molecule has 1 atom stereocenters. The molecule has 0 fully saturated rings. The molecule has 5 nitrogen and oxygen atoms in total. The summed E-state index contributed by atoms with van der Waals surface area (Å²) in [7, 11) is 0. The Hall–Kier alpha value is -1.88. The Morgan fingerprint density at radius 1 is 1.42 bits per heavy atom. The van der Waals surface area contributed by atoms with E-state index in [1.165, 1.54) is 4.90 Å². The minimum atomic E-state index is -0.951. The van der Waals surface area contributed by atoms with Crippen LogP contribution in [0.25, 0.3) is 0 Å². The standard InChI is InChI=1S/C14H18N2O3/c1-2-15-8-7-13(17)16-11-6-4-3-5-10(11)9-12(16)14(18)19/h3-6,12,15H,2,7-9H2,1H3,(H,18,19)/t12-/m0/s1. The first kappa shape index (κ1) is 13.5. The molecule has 1 aromatic rings. The van der Waals surface area contributed by atoms with Crippen LogP contribution in [0.1, 0.15) is 18.9 Å². The number of fused-ring (bicyclic) bond motifs is 1. The molecule has 1 aromatic carbocycles. The molecule has 0 radical (unpaired) electrons. The van der Waals surface area contributed by atoms with Crippen LogP contribution in [-0.2, 0) is 16.0 Å². The van der Waals surface area contributed by atoms with Crippen molar-refractivity contribution in [3.05, 3.63) is 29.8 Å². The fraction of sp³-hybridized carbons (Fsp3) is 0.429. The van der Waals surface area contributed by atoms with Crippen LogP contribution in [0.4, 0.5) is 5.69 Å². The number of rotatable bonds is 5. The largest absolute Gasteiger partial charge is 0.480 e.